The zero-order valence-electron chi connectivity index (χ0n) is 10.6. The first-order valence-electron chi connectivity index (χ1n) is 5.49. The number of hydrogen-bond acceptors (Lipinski definition) is 3. The van der Waals surface area contributed by atoms with Crippen molar-refractivity contribution in [1.29, 1.82) is 5.26 Å². The maximum atomic E-state index is 12.2. The predicted octanol–water partition coefficient (Wildman–Crippen LogP) is 2.83. The normalized spacial score (nSPS) is 11.5. The molecule has 0 aliphatic heterocycles. The molecule has 0 fully saturated rings. The van der Waals surface area contributed by atoms with Gasteiger partial charge in [0.25, 0.3) is 5.91 Å². The number of carbonyl (C=O) groups is 1. The third-order valence-electron chi connectivity index (χ3n) is 2.77. The van der Waals surface area contributed by atoms with Crippen molar-refractivity contribution in [2.45, 2.75) is 19.4 Å². The van der Waals surface area contributed by atoms with Crippen molar-refractivity contribution in [3.63, 3.8) is 0 Å². The maximum Gasteiger partial charge on any atom is 0.253 e. The fourth-order valence-electron chi connectivity index (χ4n) is 1.47. The predicted molar refractivity (Wildman–Crippen MR) is 72.5 cm³/mol. The zero-order valence-corrected chi connectivity index (χ0v) is 12.2. The molecule has 18 heavy (non-hydrogen) atoms. The third kappa shape index (κ3) is 3.23. The molecule has 1 amide bonds. The van der Waals surface area contributed by atoms with Gasteiger partial charge in [0.2, 0.25) is 0 Å². The van der Waals surface area contributed by atoms with Crippen molar-refractivity contribution in [2.75, 3.05) is 14.2 Å². The van der Waals surface area contributed by atoms with Crippen molar-refractivity contribution in [3.8, 4) is 11.8 Å². The summed E-state index contributed by atoms with van der Waals surface area (Å²) in [4.78, 5) is 13.7. The molecule has 5 heteroatoms. The van der Waals surface area contributed by atoms with Gasteiger partial charge in [0, 0.05) is 18.7 Å². The van der Waals surface area contributed by atoms with E-state index < -0.39 is 0 Å². The van der Waals surface area contributed by atoms with Crippen molar-refractivity contribution in [1.82, 2.24) is 4.90 Å². The molecule has 0 bridgehead atoms. The molecule has 1 aromatic rings. The van der Waals surface area contributed by atoms with Crippen LogP contribution in [0.15, 0.2) is 22.7 Å². The molecule has 1 unspecified atom stereocenters. The van der Waals surface area contributed by atoms with Crippen LogP contribution in [0.1, 0.15) is 23.7 Å². The molecular formula is C13H15BrN2O2. The van der Waals surface area contributed by atoms with Gasteiger partial charge in [0.15, 0.2) is 0 Å². The summed E-state index contributed by atoms with van der Waals surface area (Å²) >= 11 is 3.34. The first-order valence-corrected chi connectivity index (χ1v) is 6.28. The van der Waals surface area contributed by atoms with Crippen LogP contribution in [0.4, 0.5) is 0 Å². The van der Waals surface area contributed by atoms with Gasteiger partial charge < -0.3 is 9.64 Å². The molecule has 0 N–H and O–H groups in total. The Morgan fingerprint density at radius 3 is 2.78 bits per heavy atom. The van der Waals surface area contributed by atoms with Crippen molar-refractivity contribution < 1.29 is 9.53 Å². The van der Waals surface area contributed by atoms with Gasteiger partial charge in [-0.15, -0.1) is 0 Å². The highest BCUT2D eigenvalue weighted by molar-refractivity contribution is 9.10. The van der Waals surface area contributed by atoms with Crippen molar-refractivity contribution in [2.24, 2.45) is 0 Å². The van der Waals surface area contributed by atoms with Gasteiger partial charge >= 0.3 is 0 Å². The molecule has 1 atom stereocenters. The summed E-state index contributed by atoms with van der Waals surface area (Å²) < 4.78 is 5.84. The van der Waals surface area contributed by atoms with Gasteiger partial charge in [0.1, 0.15) is 5.75 Å². The molecule has 0 saturated heterocycles. The number of benzene rings is 1. The van der Waals surface area contributed by atoms with Gasteiger partial charge in [0.05, 0.1) is 24.1 Å². The van der Waals surface area contributed by atoms with E-state index in [0.29, 0.717) is 17.7 Å². The second-order valence-corrected chi connectivity index (χ2v) is 4.83. The Morgan fingerprint density at radius 2 is 2.28 bits per heavy atom. The molecule has 1 rings (SSSR count). The minimum absolute atomic E-state index is 0.108. The molecule has 1 aromatic carbocycles. The van der Waals surface area contributed by atoms with Crippen LogP contribution >= 0.6 is 15.9 Å². The van der Waals surface area contributed by atoms with Gasteiger partial charge in [-0.05, 0) is 41.1 Å². The molecule has 0 radical (unpaired) electrons. The van der Waals surface area contributed by atoms with E-state index in [1.165, 1.54) is 0 Å². The lowest BCUT2D eigenvalue weighted by molar-refractivity contribution is 0.0746. The summed E-state index contributed by atoms with van der Waals surface area (Å²) in [5.41, 5.74) is 0.565. The minimum Gasteiger partial charge on any atom is -0.496 e. The molecule has 0 spiro atoms. The van der Waals surface area contributed by atoms with Crippen LogP contribution in [0.5, 0.6) is 5.75 Å². The van der Waals surface area contributed by atoms with Crippen LogP contribution in [-0.4, -0.2) is 31.0 Å². The van der Waals surface area contributed by atoms with Gasteiger partial charge in [-0.1, -0.05) is 0 Å². The average Bonchev–Trinajstić information content (AvgIpc) is 2.37. The molecule has 0 heterocycles. The molecule has 0 aliphatic rings. The van der Waals surface area contributed by atoms with Crippen LogP contribution in [0.25, 0.3) is 0 Å². The van der Waals surface area contributed by atoms with E-state index in [4.69, 9.17) is 10.00 Å². The molecule has 0 aromatic heterocycles. The second kappa shape index (κ2) is 6.41. The number of nitriles is 1. The Morgan fingerprint density at radius 1 is 1.61 bits per heavy atom. The summed E-state index contributed by atoms with van der Waals surface area (Å²) in [5.74, 6) is 0.570. The summed E-state index contributed by atoms with van der Waals surface area (Å²) in [6.07, 6.45) is 0.319. The Hall–Kier alpha value is -1.54. The molecule has 0 aliphatic carbocycles. The Balaban J connectivity index is 2.91. The number of rotatable bonds is 4. The van der Waals surface area contributed by atoms with E-state index in [1.807, 2.05) is 6.92 Å². The molecular weight excluding hydrogens is 296 g/mol. The summed E-state index contributed by atoms with van der Waals surface area (Å²) in [7, 11) is 3.27. The summed E-state index contributed by atoms with van der Waals surface area (Å²) in [6, 6.07) is 7.12. The minimum atomic E-state index is -0.110. The Kier molecular flexibility index (Phi) is 5.17. The number of nitrogens with zero attached hydrogens (tertiary/aromatic N) is 2. The van der Waals surface area contributed by atoms with Crippen molar-refractivity contribution in [3.05, 3.63) is 28.2 Å². The van der Waals surface area contributed by atoms with Crippen molar-refractivity contribution >= 4 is 21.8 Å². The Bertz CT molecular complexity index is 482. The number of halogens is 1. The standard InChI is InChI=1S/C13H15BrN2O2/c1-9(6-7-15)16(2)13(17)10-4-5-12(18-3)11(14)8-10/h4-5,8-9H,6H2,1-3H3. The number of carbonyl (C=O) groups excluding carboxylic acids is 1. The van der Waals surface area contributed by atoms with Crippen LogP contribution in [-0.2, 0) is 0 Å². The highest BCUT2D eigenvalue weighted by Crippen LogP contribution is 2.26. The fraction of sp³-hybridized carbons (Fsp3) is 0.385. The van der Waals surface area contributed by atoms with Crippen LogP contribution in [0.2, 0.25) is 0 Å². The van der Waals surface area contributed by atoms with E-state index in [2.05, 4.69) is 22.0 Å². The maximum absolute atomic E-state index is 12.2. The average molecular weight is 311 g/mol. The van der Waals surface area contributed by atoms with E-state index in [0.717, 1.165) is 4.47 Å². The number of ether oxygens (including phenoxy) is 1. The fourth-order valence-corrected chi connectivity index (χ4v) is 2.01. The number of amides is 1. The topological polar surface area (TPSA) is 53.3 Å². The summed E-state index contributed by atoms with van der Waals surface area (Å²) in [5, 5.41) is 8.64. The van der Waals surface area contributed by atoms with E-state index in [9.17, 15) is 4.79 Å². The monoisotopic (exact) mass is 310 g/mol. The quantitative estimate of drug-likeness (QED) is 0.859. The second-order valence-electron chi connectivity index (χ2n) is 3.98. The van der Waals surface area contributed by atoms with Crippen LogP contribution in [0.3, 0.4) is 0 Å². The molecule has 96 valence electrons. The first kappa shape index (κ1) is 14.5. The van der Waals surface area contributed by atoms with Crippen LogP contribution < -0.4 is 4.74 Å². The van der Waals surface area contributed by atoms with Gasteiger partial charge in [-0.3, -0.25) is 4.79 Å². The summed E-state index contributed by atoms with van der Waals surface area (Å²) in [6.45, 7) is 1.85. The lowest BCUT2D eigenvalue weighted by Gasteiger charge is -2.23. The number of hydrogen-bond donors (Lipinski definition) is 0. The van der Waals surface area contributed by atoms with Crippen LogP contribution in [0, 0.1) is 11.3 Å². The third-order valence-corrected chi connectivity index (χ3v) is 3.39. The van der Waals surface area contributed by atoms with Gasteiger partial charge in [-0.25, -0.2) is 0 Å². The number of methoxy groups -OCH3 is 1. The van der Waals surface area contributed by atoms with E-state index in [1.54, 1.807) is 37.3 Å². The highest BCUT2D eigenvalue weighted by Gasteiger charge is 2.18. The zero-order chi connectivity index (χ0) is 13.7. The van der Waals surface area contributed by atoms with E-state index in [-0.39, 0.29) is 11.9 Å². The Labute approximate surface area is 115 Å². The van der Waals surface area contributed by atoms with E-state index >= 15 is 0 Å². The van der Waals surface area contributed by atoms with Gasteiger partial charge in [-0.2, -0.15) is 5.26 Å². The smallest absolute Gasteiger partial charge is 0.253 e. The first-order chi connectivity index (χ1) is 8.51. The lowest BCUT2D eigenvalue weighted by Crippen LogP contribution is -2.34. The molecule has 0 saturated carbocycles. The SMILES string of the molecule is COc1ccc(C(=O)N(C)C(C)CC#N)cc1Br. The lowest BCUT2D eigenvalue weighted by atomic mass is 10.1. The highest BCUT2D eigenvalue weighted by atomic mass is 79.9. The molecule has 4 nitrogen and oxygen atoms in total. The largest absolute Gasteiger partial charge is 0.496 e.